The highest BCUT2D eigenvalue weighted by Crippen LogP contribution is 2.34. The predicted molar refractivity (Wildman–Crippen MR) is 117 cm³/mol. The molecule has 0 heterocycles. The van der Waals surface area contributed by atoms with Crippen molar-refractivity contribution in [1.29, 1.82) is 0 Å². The highest BCUT2D eigenvalue weighted by atomic mass is 16.5. The van der Waals surface area contributed by atoms with Crippen molar-refractivity contribution in [2.45, 2.75) is 34.0 Å². The molecule has 0 radical (unpaired) electrons. The van der Waals surface area contributed by atoms with Crippen LogP contribution in [0.15, 0.2) is 66.7 Å². The van der Waals surface area contributed by atoms with Crippen LogP contribution in [0.1, 0.15) is 39.5 Å². The van der Waals surface area contributed by atoms with Gasteiger partial charge in [0.1, 0.15) is 19.0 Å². The predicted octanol–water partition coefficient (Wildman–Crippen LogP) is 5.20. The number of ether oxygens (including phenoxy) is 2. The molecule has 3 aromatic carbocycles. The Morgan fingerprint density at radius 2 is 1.40 bits per heavy atom. The molecule has 154 valence electrons. The first-order chi connectivity index (χ1) is 14.5. The summed E-state index contributed by atoms with van der Waals surface area (Å²) in [5.74, 6) is -0.205. The van der Waals surface area contributed by atoms with E-state index in [1.807, 2.05) is 74.5 Å². The lowest BCUT2D eigenvalue weighted by Gasteiger charge is -2.19. The fourth-order valence-corrected chi connectivity index (χ4v) is 3.08. The summed E-state index contributed by atoms with van der Waals surface area (Å²) in [5.41, 5.74) is 4.38. The van der Waals surface area contributed by atoms with E-state index in [0.29, 0.717) is 23.6 Å². The molecule has 0 fully saturated rings. The summed E-state index contributed by atoms with van der Waals surface area (Å²) in [6.07, 6.45) is 0. The minimum Gasteiger partial charge on any atom is -0.487 e. The summed E-state index contributed by atoms with van der Waals surface area (Å²) in [7, 11) is 0. The van der Waals surface area contributed by atoms with Gasteiger partial charge in [0.25, 0.3) is 0 Å². The number of carbonyl (C=O) groups is 2. The van der Waals surface area contributed by atoms with Crippen LogP contribution in [-0.4, -0.2) is 11.9 Å². The van der Waals surface area contributed by atoms with Crippen LogP contribution in [-0.2, 0) is 22.7 Å². The summed E-state index contributed by atoms with van der Waals surface area (Å²) in [6.45, 7) is 5.63. The number of amides is 1. The van der Waals surface area contributed by atoms with E-state index < -0.39 is 5.97 Å². The van der Waals surface area contributed by atoms with Crippen molar-refractivity contribution < 1.29 is 19.1 Å². The number of hydrogen-bond donors (Lipinski definition) is 1. The molecule has 30 heavy (non-hydrogen) atoms. The van der Waals surface area contributed by atoms with Crippen molar-refractivity contribution in [3.63, 3.8) is 0 Å². The SMILES string of the molecule is CC(=O)Nc1c(OCc2ccccc2)cc(C(=O)OCc2ccccc2)c(C)c1C. The maximum absolute atomic E-state index is 12.8. The van der Waals surface area contributed by atoms with Crippen LogP contribution in [0.25, 0.3) is 0 Å². The van der Waals surface area contributed by atoms with Gasteiger partial charge in [-0.1, -0.05) is 60.7 Å². The first-order valence-electron chi connectivity index (χ1n) is 9.75. The zero-order valence-electron chi connectivity index (χ0n) is 17.4. The standard InChI is InChI=1S/C25H25NO4/c1-17-18(2)24(26-19(3)27)23(29-15-20-10-6-4-7-11-20)14-22(17)25(28)30-16-21-12-8-5-9-13-21/h4-14H,15-16H2,1-3H3,(H,26,27). The Morgan fingerprint density at radius 1 is 0.833 bits per heavy atom. The van der Waals surface area contributed by atoms with Crippen molar-refractivity contribution in [2.24, 2.45) is 0 Å². The van der Waals surface area contributed by atoms with Gasteiger partial charge in [0.05, 0.1) is 11.3 Å². The van der Waals surface area contributed by atoms with Crippen LogP contribution in [0, 0.1) is 13.8 Å². The first-order valence-corrected chi connectivity index (χ1v) is 9.75. The van der Waals surface area contributed by atoms with E-state index in [0.717, 1.165) is 22.3 Å². The van der Waals surface area contributed by atoms with Crippen molar-refractivity contribution in [3.05, 3.63) is 94.5 Å². The molecule has 0 saturated carbocycles. The molecule has 5 heteroatoms. The van der Waals surface area contributed by atoms with Gasteiger partial charge in [-0.05, 0) is 42.2 Å². The molecular formula is C25H25NO4. The second-order valence-corrected chi connectivity index (χ2v) is 7.06. The van der Waals surface area contributed by atoms with Gasteiger partial charge in [0.2, 0.25) is 5.91 Å². The molecule has 0 atom stereocenters. The second kappa shape index (κ2) is 9.74. The summed E-state index contributed by atoms with van der Waals surface area (Å²) >= 11 is 0. The van der Waals surface area contributed by atoms with E-state index in [1.54, 1.807) is 6.07 Å². The maximum atomic E-state index is 12.8. The lowest BCUT2D eigenvalue weighted by Crippen LogP contribution is -2.14. The van der Waals surface area contributed by atoms with Crippen molar-refractivity contribution >= 4 is 17.6 Å². The van der Waals surface area contributed by atoms with Crippen LogP contribution in [0.4, 0.5) is 5.69 Å². The first kappa shape index (κ1) is 21.1. The average molecular weight is 403 g/mol. The number of anilines is 1. The molecule has 0 aliphatic rings. The largest absolute Gasteiger partial charge is 0.487 e. The Hall–Kier alpha value is -3.60. The monoisotopic (exact) mass is 403 g/mol. The van der Waals surface area contributed by atoms with Crippen molar-refractivity contribution in [2.75, 3.05) is 5.32 Å². The van der Waals surface area contributed by atoms with Crippen molar-refractivity contribution in [1.82, 2.24) is 0 Å². The topological polar surface area (TPSA) is 64.6 Å². The lowest BCUT2D eigenvalue weighted by molar-refractivity contribution is -0.114. The van der Waals surface area contributed by atoms with Crippen LogP contribution in [0.3, 0.4) is 0 Å². The Morgan fingerprint density at radius 3 is 1.97 bits per heavy atom. The molecule has 1 amide bonds. The molecule has 0 bridgehead atoms. The van der Waals surface area contributed by atoms with Crippen LogP contribution in [0.5, 0.6) is 5.75 Å². The van der Waals surface area contributed by atoms with Gasteiger partial charge in [-0.15, -0.1) is 0 Å². The minimum atomic E-state index is -0.432. The third-order valence-corrected chi connectivity index (χ3v) is 4.83. The van der Waals surface area contributed by atoms with E-state index in [4.69, 9.17) is 9.47 Å². The summed E-state index contributed by atoms with van der Waals surface area (Å²) in [5, 5.41) is 2.83. The maximum Gasteiger partial charge on any atom is 0.338 e. The quantitative estimate of drug-likeness (QED) is 0.551. The Balaban J connectivity index is 1.87. The highest BCUT2D eigenvalue weighted by molar-refractivity contribution is 5.97. The summed E-state index contributed by atoms with van der Waals surface area (Å²) in [4.78, 5) is 24.5. The molecule has 0 aliphatic heterocycles. The molecule has 0 unspecified atom stereocenters. The Bertz CT molecular complexity index is 1030. The molecule has 3 rings (SSSR count). The van der Waals surface area contributed by atoms with Gasteiger partial charge in [0, 0.05) is 6.92 Å². The Kier molecular flexibility index (Phi) is 6.86. The van der Waals surface area contributed by atoms with Crippen molar-refractivity contribution in [3.8, 4) is 5.75 Å². The molecule has 0 saturated heterocycles. The lowest BCUT2D eigenvalue weighted by atomic mass is 10.00. The van der Waals surface area contributed by atoms with E-state index in [1.165, 1.54) is 6.92 Å². The number of esters is 1. The third-order valence-electron chi connectivity index (χ3n) is 4.83. The molecule has 0 aromatic heterocycles. The van der Waals surface area contributed by atoms with E-state index >= 15 is 0 Å². The van der Waals surface area contributed by atoms with E-state index in [9.17, 15) is 9.59 Å². The molecule has 0 spiro atoms. The molecular weight excluding hydrogens is 378 g/mol. The Labute approximate surface area is 176 Å². The molecule has 1 N–H and O–H groups in total. The van der Waals surface area contributed by atoms with E-state index in [-0.39, 0.29) is 12.5 Å². The molecule has 0 aliphatic carbocycles. The van der Waals surface area contributed by atoms with Crippen LogP contribution in [0.2, 0.25) is 0 Å². The van der Waals surface area contributed by atoms with Gasteiger partial charge < -0.3 is 14.8 Å². The summed E-state index contributed by atoms with van der Waals surface area (Å²) in [6, 6.07) is 20.9. The number of carbonyl (C=O) groups excluding carboxylic acids is 2. The van der Waals surface area contributed by atoms with Gasteiger partial charge in [-0.3, -0.25) is 4.79 Å². The van der Waals surface area contributed by atoms with Gasteiger partial charge in [-0.2, -0.15) is 0 Å². The average Bonchev–Trinajstić information content (AvgIpc) is 2.76. The molecule has 3 aromatic rings. The second-order valence-electron chi connectivity index (χ2n) is 7.06. The normalized spacial score (nSPS) is 10.4. The fourth-order valence-electron chi connectivity index (χ4n) is 3.08. The zero-order chi connectivity index (χ0) is 21.5. The number of benzene rings is 3. The minimum absolute atomic E-state index is 0.186. The highest BCUT2D eigenvalue weighted by Gasteiger charge is 2.20. The number of nitrogens with one attached hydrogen (secondary N) is 1. The smallest absolute Gasteiger partial charge is 0.338 e. The van der Waals surface area contributed by atoms with Gasteiger partial charge in [-0.25, -0.2) is 4.79 Å². The summed E-state index contributed by atoms with van der Waals surface area (Å²) < 4.78 is 11.5. The van der Waals surface area contributed by atoms with Gasteiger partial charge >= 0.3 is 5.97 Å². The van der Waals surface area contributed by atoms with Crippen LogP contribution >= 0.6 is 0 Å². The van der Waals surface area contributed by atoms with Crippen LogP contribution < -0.4 is 10.1 Å². The number of rotatable bonds is 7. The third kappa shape index (κ3) is 5.26. The van der Waals surface area contributed by atoms with E-state index in [2.05, 4.69) is 5.32 Å². The zero-order valence-corrected chi connectivity index (χ0v) is 17.4. The fraction of sp³-hybridized carbons (Fsp3) is 0.200. The number of hydrogen-bond acceptors (Lipinski definition) is 4. The van der Waals surface area contributed by atoms with Gasteiger partial charge in [0.15, 0.2) is 0 Å². The molecule has 5 nitrogen and oxygen atoms in total.